The van der Waals surface area contributed by atoms with Crippen LogP contribution in [-0.4, -0.2) is 12.1 Å². The average Bonchev–Trinajstić information content (AvgIpc) is 2.91. The summed E-state index contributed by atoms with van der Waals surface area (Å²) in [6.07, 6.45) is 2.14. The van der Waals surface area contributed by atoms with Gasteiger partial charge in [0.2, 0.25) is 0 Å². The summed E-state index contributed by atoms with van der Waals surface area (Å²) in [7, 11) is 1.69. The van der Waals surface area contributed by atoms with Crippen LogP contribution in [0.2, 0.25) is 0 Å². The fourth-order valence-corrected chi connectivity index (χ4v) is 2.48. The number of rotatable bonds is 3. The first-order valence-corrected chi connectivity index (χ1v) is 6.70. The zero-order valence-corrected chi connectivity index (χ0v) is 11.7. The van der Waals surface area contributed by atoms with Crippen molar-refractivity contribution >= 4 is 16.5 Å². The summed E-state index contributed by atoms with van der Waals surface area (Å²) in [4.78, 5) is 3.47. The Hall–Kier alpha value is -2.48. The Balaban J connectivity index is 2.09. The molecular formula is C18H17NO. The van der Waals surface area contributed by atoms with Crippen LogP contribution in [0.1, 0.15) is 18.2 Å². The minimum absolute atomic E-state index is 0.879. The monoisotopic (exact) mass is 263 g/mol. The third-order valence-corrected chi connectivity index (χ3v) is 3.49. The molecule has 20 heavy (non-hydrogen) atoms. The van der Waals surface area contributed by atoms with Gasteiger partial charge in [-0.3, -0.25) is 0 Å². The third-order valence-electron chi connectivity index (χ3n) is 3.49. The zero-order valence-electron chi connectivity index (χ0n) is 11.7. The van der Waals surface area contributed by atoms with Crippen molar-refractivity contribution in [2.75, 3.05) is 7.11 Å². The molecule has 1 aromatic heterocycles. The zero-order chi connectivity index (χ0) is 13.9. The smallest absolute Gasteiger partial charge is 0.119 e. The number of hydrogen-bond donors (Lipinski definition) is 1. The molecule has 0 radical (unpaired) electrons. The molecule has 2 aromatic carbocycles. The van der Waals surface area contributed by atoms with Gasteiger partial charge in [0.05, 0.1) is 7.11 Å². The highest BCUT2D eigenvalue weighted by Crippen LogP contribution is 2.28. The molecule has 0 amide bonds. The summed E-state index contributed by atoms with van der Waals surface area (Å²) in [5, 5.41) is 1.16. The lowest BCUT2D eigenvalue weighted by atomic mass is 10.0. The van der Waals surface area contributed by atoms with Crippen molar-refractivity contribution in [2.45, 2.75) is 6.92 Å². The van der Waals surface area contributed by atoms with E-state index in [1.54, 1.807) is 7.11 Å². The molecule has 2 heteroatoms. The quantitative estimate of drug-likeness (QED) is 0.732. The number of H-pyrrole nitrogens is 1. The topological polar surface area (TPSA) is 25.0 Å². The molecule has 0 bridgehead atoms. The van der Waals surface area contributed by atoms with E-state index in [-0.39, 0.29) is 0 Å². The average molecular weight is 263 g/mol. The van der Waals surface area contributed by atoms with Crippen LogP contribution in [0.3, 0.4) is 0 Å². The maximum absolute atomic E-state index is 5.27. The van der Waals surface area contributed by atoms with Gasteiger partial charge in [-0.05, 0) is 36.8 Å². The van der Waals surface area contributed by atoms with Crippen LogP contribution in [0, 0.1) is 0 Å². The second kappa shape index (κ2) is 5.25. The fourth-order valence-electron chi connectivity index (χ4n) is 2.48. The molecule has 0 fully saturated rings. The van der Waals surface area contributed by atoms with E-state index in [9.17, 15) is 0 Å². The van der Waals surface area contributed by atoms with E-state index in [4.69, 9.17) is 4.74 Å². The molecule has 0 aliphatic carbocycles. The summed E-state index contributed by atoms with van der Waals surface area (Å²) in [6.45, 7) is 2.06. The number of methoxy groups -OCH3 is 1. The second-order valence-corrected chi connectivity index (χ2v) is 4.70. The molecule has 2 nitrogen and oxygen atoms in total. The number of aromatic amines is 1. The van der Waals surface area contributed by atoms with Crippen molar-refractivity contribution in [3.05, 3.63) is 71.9 Å². The van der Waals surface area contributed by atoms with Gasteiger partial charge in [0.1, 0.15) is 5.75 Å². The highest BCUT2D eigenvalue weighted by molar-refractivity contribution is 5.89. The molecule has 0 saturated heterocycles. The van der Waals surface area contributed by atoms with Crippen LogP contribution in [0.5, 0.6) is 5.75 Å². The van der Waals surface area contributed by atoms with E-state index < -0.39 is 0 Å². The van der Waals surface area contributed by atoms with Crippen molar-refractivity contribution in [3.8, 4) is 5.75 Å². The molecular weight excluding hydrogens is 246 g/mol. The van der Waals surface area contributed by atoms with Gasteiger partial charge in [0, 0.05) is 22.2 Å². The van der Waals surface area contributed by atoms with Gasteiger partial charge in [-0.25, -0.2) is 0 Å². The molecule has 0 unspecified atom stereocenters. The Morgan fingerprint density at radius 3 is 2.55 bits per heavy atom. The molecule has 0 saturated carbocycles. The van der Waals surface area contributed by atoms with Crippen molar-refractivity contribution in [2.24, 2.45) is 0 Å². The van der Waals surface area contributed by atoms with Crippen LogP contribution in [0.4, 0.5) is 0 Å². The number of aromatic nitrogens is 1. The Bertz CT molecular complexity index is 753. The van der Waals surface area contributed by atoms with Crippen LogP contribution in [0.15, 0.2) is 60.7 Å². The van der Waals surface area contributed by atoms with Gasteiger partial charge in [-0.15, -0.1) is 0 Å². The van der Waals surface area contributed by atoms with E-state index in [1.165, 1.54) is 11.1 Å². The summed E-state index contributed by atoms with van der Waals surface area (Å²) in [5.74, 6) is 0.879. The van der Waals surface area contributed by atoms with Gasteiger partial charge < -0.3 is 9.72 Å². The number of benzene rings is 2. The first-order valence-electron chi connectivity index (χ1n) is 6.70. The molecule has 0 aliphatic heterocycles. The minimum atomic E-state index is 0.879. The molecule has 100 valence electrons. The Kier molecular flexibility index (Phi) is 3.30. The maximum atomic E-state index is 5.27. The first kappa shape index (κ1) is 12.5. The predicted octanol–water partition coefficient (Wildman–Crippen LogP) is 4.63. The lowest BCUT2D eigenvalue weighted by molar-refractivity contribution is 0.415. The van der Waals surface area contributed by atoms with Gasteiger partial charge in [0.25, 0.3) is 0 Å². The largest absolute Gasteiger partial charge is 0.497 e. The van der Waals surface area contributed by atoms with Gasteiger partial charge in [-0.2, -0.15) is 0 Å². The molecule has 3 aromatic rings. The van der Waals surface area contributed by atoms with Gasteiger partial charge in [0.15, 0.2) is 0 Å². The molecule has 3 rings (SSSR count). The number of nitrogens with one attached hydrogen (secondary N) is 1. The lowest BCUT2D eigenvalue weighted by Crippen LogP contribution is -1.86. The number of allylic oxidation sites excluding steroid dienone is 1. The Labute approximate surface area is 118 Å². The highest BCUT2D eigenvalue weighted by atomic mass is 16.5. The molecule has 0 spiro atoms. The normalized spacial score (nSPS) is 11.8. The summed E-state index contributed by atoms with van der Waals surface area (Å²) < 4.78 is 5.27. The predicted molar refractivity (Wildman–Crippen MR) is 84.0 cm³/mol. The van der Waals surface area contributed by atoms with E-state index >= 15 is 0 Å². The highest BCUT2D eigenvalue weighted by Gasteiger charge is 2.08. The number of ether oxygens (including phenoxy) is 1. The molecule has 1 N–H and O–H groups in total. The van der Waals surface area contributed by atoms with Crippen molar-refractivity contribution in [3.63, 3.8) is 0 Å². The van der Waals surface area contributed by atoms with Crippen molar-refractivity contribution in [1.29, 1.82) is 0 Å². The van der Waals surface area contributed by atoms with Crippen LogP contribution >= 0.6 is 0 Å². The minimum Gasteiger partial charge on any atom is -0.497 e. The summed E-state index contributed by atoms with van der Waals surface area (Å²) >= 11 is 0. The van der Waals surface area contributed by atoms with Gasteiger partial charge >= 0.3 is 0 Å². The maximum Gasteiger partial charge on any atom is 0.119 e. The Morgan fingerprint density at radius 2 is 1.85 bits per heavy atom. The SMILES string of the molecule is C/C=C(/c1ccccc1)c1cc2cc(OC)ccc2[nH]1. The summed E-state index contributed by atoms with van der Waals surface area (Å²) in [5.41, 5.74) is 4.67. The molecule has 1 heterocycles. The third kappa shape index (κ3) is 2.21. The summed E-state index contributed by atoms with van der Waals surface area (Å²) in [6, 6.07) is 18.6. The van der Waals surface area contributed by atoms with Crippen molar-refractivity contribution < 1.29 is 4.74 Å². The molecule has 0 atom stereocenters. The first-order chi connectivity index (χ1) is 9.81. The van der Waals surface area contributed by atoms with Crippen molar-refractivity contribution in [1.82, 2.24) is 4.98 Å². The number of hydrogen-bond acceptors (Lipinski definition) is 1. The standard InChI is InChI=1S/C18H17NO/c1-3-16(13-7-5-4-6-8-13)18-12-14-11-15(20-2)9-10-17(14)19-18/h3-12,19H,1-2H3/b16-3-. The van der Waals surface area contributed by atoms with E-state index in [2.05, 4.69) is 54.4 Å². The molecule has 0 aliphatic rings. The van der Waals surface area contributed by atoms with Crippen LogP contribution in [0.25, 0.3) is 16.5 Å². The van der Waals surface area contributed by atoms with Crippen LogP contribution in [-0.2, 0) is 0 Å². The van der Waals surface area contributed by atoms with Crippen LogP contribution < -0.4 is 4.74 Å². The number of fused-ring (bicyclic) bond motifs is 1. The Morgan fingerprint density at radius 1 is 1.05 bits per heavy atom. The van der Waals surface area contributed by atoms with Gasteiger partial charge in [-0.1, -0.05) is 36.4 Å². The van der Waals surface area contributed by atoms with E-state index in [1.807, 2.05) is 18.2 Å². The van der Waals surface area contributed by atoms with E-state index in [0.29, 0.717) is 0 Å². The lowest BCUT2D eigenvalue weighted by Gasteiger charge is -2.04. The second-order valence-electron chi connectivity index (χ2n) is 4.70. The fraction of sp³-hybridized carbons (Fsp3) is 0.111. The van der Waals surface area contributed by atoms with E-state index in [0.717, 1.165) is 22.3 Å².